The molecule has 26 heavy (non-hydrogen) atoms. The second-order valence-corrected chi connectivity index (χ2v) is 7.24. The van der Waals surface area contributed by atoms with Gasteiger partial charge in [0.2, 0.25) is 17.7 Å². The number of likely N-dealkylation sites (N-methyl/N-ethyl adjacent to an activating group) is 1. The van der Waals surface area contributed by atoms with Crippen LogP contribution in [-0.4, -0.2) is 53.2 Å². The van der Waals surface area contributed by atoms with Crippen LogP contribution in [0.15, 0.2) is 24.3 Å². The van der Waals surface area contributed by atoms with Gasteiger partial charge in [-0.1, -0.05) is 29.8 Å². The Morgan fingerprint density at radius 1 is 1.27 bits per heavy atom. The van der Waals surface area contributed by atoms with Crippen molar-refractivity contribution in [1.29, 1.82) is 0 Å². The maximum Gasteiger partial charge on any atom is 0.239 e. The lowest BCUT2D eigenvalue weighted by atomic mass is 10.1. The van der Waals surface area contributed by atoms with E-state index in [1.165, 1.54) is 10.5 Å². The Morgan fingerprint density at radius 2 is 1.92 bits per heavy atom. The summed E-state index contributed by atoms with van der Waals surface area (Å²) in [6.07, 6.45) is 0.215. The highest BCUT2D eigenvalue weighted by Crippen LogP contribution is 2.22. The highest BCUT2D eigenvalue weighted by molar-refractivity contribution is 5.91. The van der Waals surface area contributed by atoms with Gasteiger partial charge in [-0.2, -0.15) is 0 Å². The van der Waals surface area contributed by atoms with E-state index in [4.69, 9.17) is 0 Å². The molecule has 142 valence electrons. The number of benzene rings is 1. The van der Waals surface area contributed by atoms with Crippen molar-refractivity contribution in [2.45, 2.75) is 46.7 Å². The van der Waals surface area contributed by atoms with Gasteiger partial charge in [-0.3, -0.25) is 14.4 Å². The van der Waals surface area contributed by atoms with Crippen molar-refractivity contribution in [3.05, 3.63) is 35.4 Å². The van der Waals surface area contributed by atoms with Gasteiger partial charge in [-0.05, 0) is 33.3 Å². The molecule has 0 bridgehead atoms. The van der Waals surface area contributed by atoms with Crippen molar-refractivity contribution < 1.29 is 14.4 Å². The third-order valence-electron chi connectivity index (χ3n) is 4.54. The molecule has 1 aromatic rings. The molecule has 3 amide bonds. The first kappa shape index (κ1) is 19.9. The second-order valence-electron chi connectivity index (χ2n) is 7.24. The predicted octanol–water partition coefficient (Wildman–Crippen LogP) is 1.72. The molecule has 0 aliphatic carbocycles. The SMILES string of the molecule is CCN(CC(=O)NC(C)C)C(=O)C1CC(=O)N(Cc2ccc(C)cc2)C1. The summed E-state index contributed by atoms with van der Waals surface area (Å²) < 4.78 is 0. The Balaban J connectivity index is 1.95. The fourth-order valence-corrected chi connectivity index (χ4v) is 3.15. The van der Waals surface area contributed by atoms with Crippen molar-refractivity contribution in [1.82, 2.24) is 15.1 Å². The predicted molar refractivity (Wildman–Crippen MR) is 100 cm³/mol. The molecule has 1 fully saturated rings. The summed E-state index contributed by atoms with van der Waals surface area (Å²) in [4.78, 5) is 40.3. The van der Waals surface area contributed by atoms with Crippen LogP contribution in [0.5, 0.6) is 0 Å². The Kier molecular flexibility index (Phi) is 6.77. The number of rotatable bonds is 7. The molecule has 1 saturated heterocycles. The first-order valence-corrected chi connectivity index (χ1v) is 9.21. The highest BCUT2D eigenvalue weighted by atomic mass is 16.2. The molecule has 1 aliphatic rings. The molecule has 1 heterocycles. The van der Waals surface area contributed by atoms with Gasteiger partial charge in [0.05, 0.1) is 12.5 Å². The van der Waals surface area contributed by atoms with Gasteiger partial charge < -0.3 is 15.1 Å². The number of hydrogen-bond acceptors (Lipinski definition) is 3. The lowest BCUT2D eigenvalue weighted by molar-refractivity contribution is -0.139. The van der Waals surface area contributed by atoms with Gasteiger partial charge in [0.15, 0.2) is 0 Å². The van der Waals surface area contributed by atoms with Crippen molar-refractivity contribution in [3.8, 4) is 0 Å². The molecule has 0 saturated carbocycles. The zero-order valence-electron chi connectivity index (χ0n) is 16.1. The Hall–Kier alpha value is -2.37. The van der Waals surface area contributed by atoms with Crippen molar-refractivity contribution in [2.24, 2.45) is 5.92 Å². The fraction of sp³-hybridized carbons (Fsp3) is 0.550. The molecule has 0 spiro atoms. The third-order valence-corrected chi connectivity index (χ3v) is 4.54. The molecular weight excluding hydrogens is 330 g/mol. The number of amides is 3. The number of carbonyl (C=O) groups is 3. The van der Waals surface area contributed by atoms with E-state index < -0.39 is 0 Å². The molecule has 0 aromatic heterocycles. The van der Waals surface area contributed by atoms with Crippen molar-refractivity contribution in [2.75, 3.05) is 19.6 Å². The maximum absolute atomic E-state index is 12.8. The average molecular weight is 359 g/mol. The zero-order chi connectivity index (χ0) is 19.3. The zero-order valence-corrected chi connectivity index (χ0v) is 16.1. The van der Waals surface area contributed by atoms with E-state index >= 15 is 0 Å². The Morgan fingerprint density at radius 3 is 2.50 bits per heavy atom. The van der Waals surface area contributed by atoms with E-state index in [1.807, 2.05) is 52.0 Å². The molecule has 6 heteroatoms. The van der Waals surface area contributed by atoms with E-state index in [9.17, 15) is 14.4 Å². The average Bonchev–Trinajstić information content (AvgIpc) is 2.94. The van der Waals surface area contributed by atoms with Crippen LogP contribution in [-0.2, 0) is 20.9 Å². The maximum atomic E-state index is 12.8. The summed E-state index contributed by atoms with van der Waals surface area (Å²) in [5.41, 5.74) is 2.23. The molecule has 1 N–H and O–H groups in total. The molecule has 0 radical (unpaired) electrons. The normalized spacial score (nSPS) is 16.9. The summed E-state index contributed by atoms with van der Waals surface area (Å²) in [6.45, 7) is 9.05. The molecule has 2 rings (SSSR count). The topological polar surface area (TPSA) is 69.7 Å². The standard InChI is InChI=1S/C20H29N3O3/c1-5-22(13-18(24)21-14(2)3)20(26)17-10-19(25)23(12-17)11-16-8-6-15(4)7-9-16/h6-9,14,17H,5,10-13H2,1-4H3,(H,21,24). The van der Waals surface area contributed by atoms with Crippen LogP contribution >= 0.6 is 0 Å². The summed E-state index contributed by atoms with van der Waals surface area (Å²) in [5, 5.41) is 2.80. The lowest BCUT2D eigenvalue weighted by Gasteiger charge is -2.24. The summed E-state index contributed by atoms with van der Waals surface area (Å²) in [6, 6.07) is 8.09. The van der Waals surface area contributed by atoms with Gasteiger partial charge in [0.25, 0.3) is 0 Å². The molecule has 1 unspecified atom stereocenters. The highest BCUT2D eigenvalue weighted by Gasteiger charge is 2.36. The molecule has 1 aliphatic heterocycles. The third kappa shape index (κ3) is 5.31. The van der Waals surface area contributed by atoms with Crippen LogP contribution in [0.25, 0.3) is 0 Å². The molecule has 1 aromatic carbocycles. The molecule has 1 atom stereocenters. The lowest BCUT2D eigenvalue weighted by Crippen LogP contribution is -2.45. The van der Waals surface area contributed by atoms with E-state index in [1.54, 1.807) is 4.90 Å². The fourth-order valence-electron chi connectivity index (χ4n) is 3.15. The van der Waals surface area contributed by atoms with Gasteiger partial charge in [0.1, 0.15) is 0 Å². The first-order chi connectivity index (χ1) is 12.3. The van der Waals surface area contributed by atoms with Crippen LogP contribution in [0, 0.1) is 12.8 Å². The second kappa shape index (κ2) is 8.83. The Labute approximate surface area is 155 Å². The monoisotopic (exact) mass is 359 g/mol. The van der Waals surface area contributed by atoms with Gasteiger partial charge in [0, 0.05) is 32.1 Å². The number of carbonyl (C=O) groups excluding carboxylic acids is 3. The van der Waals surface area contributed by atoms with Crippen LogP contribution in [0.3, 0.4) is 0 Å². The van der Waals surface area contributed by atoms with E-state index in [-0.39, 0.29) is 42.6 Å². The number of nitrogens with zero attached hydrogens (tertiary/aromatic N) is 2. The minimum Gasteiger partial charge on any atom is -0.352 e. The minimum absolute atomic E-state index is 0.00777. The molecule has 6 nitrogen and oxygen atoms in total. The summed E-state index contributed by atoms with van der Waals surface area (Å²) >= 11 is 0. The Bertz CT molecular complexity index is 655. The number of nitrogens with one attached hydrogen (secondary N) is 1. The van der Waals surface area contributed by atoms with Crippen LogP contribution < -0.4 is 5.32 Å². The van der Waals surface area contributed by atoms with E-state index in [2.05, 4.69) is 5.32 Å². The van der Waals surface area contributed by atoms with E-state index in [0.29, 0.717) is 19.6 Å². The van der Waals surface area contributed by atoms with Crippen LogP contribution in [0.2, 0.25) is 0 Å². The van der Waals surface area contributed by atoms with E-state index in [0.717, 1.165) is 5.56 Å². The van der Waals surface area contributed by atoms with Gasteiger partial charge in [-0.25, -0.2) is 0 Å². The minimum atomic E-state index is -0.375. The number of aryl methyl sites for hydroxylation is 1. The van der Waals surface area contributed by atoms with Crippen molar-refractivity contribution >= 4 is 17.7 Å². The van der Waals surface area contributed by atoms with Gasteiger partial charge >= 0.3 is 0 Å². The first-order valence-electron chi connectivity index (χ1n) is 9.21. The van der Waals surface area contributed by atoms with Crippen LogP contribution in [0.4, 0.5) is 0 Å². The number of hydrogen-bond donors (Lipinski definition) is 1. The van der Waals surface area contributed by atoms with Crippen LogP contribution in [0.1, 0.15) is 38.3 Å². The largest absolute Gasteiger partial charge is 0.352 e. The van der Waals surface area contributed by atoms with Gasteiger partial charge in [-0.15, -0.1) is 0 Å². The quantitative estimate of drug-likeness (QED) is 0.806. The number of likely N-dealkylation sites (tertiary alicyclic amines) is 1. The summed E-state index contributed by atoms with van der Waals surface area (Å²) in [7, 11) is 0. The van der Waals surface area contributed by atoms with Crippen molar-refractivity contribution in [3.63, 3.8) is 0 Å². The summed E-state index contributed by atoms with van der Waals surface area (Å²) in [5.74, 6) is -0.673. The molecular formula is C20H29N3O3. The smallest absolute Gasteiger partial charge is 0.239 e.